The van der Waals surface area contributed by atoms with Gasteiger partial charge in [-0.3, -0.25) is 9.97 Å². The van der Waals surface area contributed by atoms with Gasteiger partial charge in [-0.1, -0.05) is 35.8 Å². The normalized spacial score (nSPS) is 16.9. The van der Waals surface area contributed by atoms with Crippen LogP contribution in [0, 0.1) is 0 Å². The number of aryl methyl sites for hydroxylation is 1. The van der Waals surface area contributed by atoms with Gasteiger partial charge >= 0.3 is 7.12 Å². The molecule has 0 saturated carbocycles. The predicted octanol–water partition coefficient (Wildman–Crippen LogP) is 3.46. The number of hydrogen-bond acceptors (Lipinski definition) is 4. The van der Waals surface area contributed by atoms with Crippen LogP contribution < -0.4 is 10.9 Å². The van der Waals surface area contributed by atoms with Gasteiger partial charge in [0.15, 0.2) is 7.28 Å². The van der Waals surface area contributed by atoms with Crippen molar-refractivity contribution in [1.29, 1.82) is 0 Å². The van der Waals surface area contributed by atoms with Gasteiger partial charge in [-0.25, -0.2) is 0 Å². The van der Waals surface area contributed by atoms with E-state index in [2.05, 4.69) is 99.0 Å². The van der Waals surface area contributed by atoms with Crippen molar-refractivity contribution in [2.45, 2.75) is 45.2 Å². The molecule has 1 aliphatic heterocycles. The highest BCUT2D eigenvalue weighted by atomic mass is 16.7. The van der Waals surface area contributed by atoms with Crippen LogP contribution in [-0.2, 0) is 22.7 Å². The van der Waals surface area contributed by atoms with E-state index in [1.54, 1.807) is 0 Å². The highest BCUT2D eigenvalue weighted by Crippen LogP contribution is 2.36. The molecule has 0 atom stereocenters. The second kappa shape index (κ2) is 8.15. The zero-order valence-corrected chi connectivity index (χ0v) is 19.9. The van der Waals surface area contributed by atoms with E-state index in [9.17, 15) is 0 Å². The van der Waals surface area contributed by atoms with Gasteiger partial charge in [-0.05, 0) is 51.7 Å². The van der Waals surface area contributed by atoms with Crippen LogP contribution in [-0.4, -0.2) is 40.1 Å². The molecule has 1 saturated heterocycles. The van der Waals surface area contributed by atoms with Crippen LogP contribution in [0.3, 0.4) is 0 Å². The first-order valence-electron chi connectivity index (χ1n) is 11.4. The van der Waals surface area contributed by atoms with E-state index < -0.39 is 7.12 Å². The lowest BCUT2D eigenvalue weighted by atomic mass is 9.65. The Kier molecular flexibility index (Phi) is 5.42. The van der Waals surface area contributed by atoms with Crippen LogP contribution in [0.4, 0.5) is 0 Å². The maximum atomic E-state index is 6.18. The van der Waals surface area contributed by atoms with E-state index in [-0.39, 0.29) is 11.2 Å². The van der Waals surface area contributed by atoms with Gasteiger partial charge in [0.25, 0.3) is 0 Å². The largest absolute Gasteiger partial charge is 0.496 e. The molecular weight excluding hydrogens is 408 g/mol. The Labute approximate surface area is 196 Å². The third kappa shape index (κ3) is 4.11. The van der Waals surface area contributed by atoms with Crippen molar-refractivity contribution in [2.75, 3.05) is 0 Å². The SMILES string of the molecule is Cn1c(-c2cncc([B]Cc3cncc(B4OC(C)(C)C(C)(C)O4)c3)c2)cc2ccccc21. The van der Waals surface area contributed by atoms with E-state index in [4.69, 9.17) is 9.31 Å². The molecule has 4 aromatic rings. The standard InChI is InChI=1S/C26H28B2N3O2/c1-25(2)26(3,4)33-28(32-25)22-10-18(14-29-17-22)13-27-21-11-20(15-30-16-21)24-12-19-8-6-7-9-23(19)31(24)5/h6-12,14-17H,13H2,1-5H3. The average Bonchev–Trinajstić information content (AvgIpc) is 3.25. The molecule has 1 aromatic carbocycles. The van der Waals surface area contributed by atoms with Crippen molar-refractivity contribution in [2.24, 2.45) is 7.05 Å². The van der Waals surface area contributed by atoms with Gasteiger partial charge in [-0.15, -0.1) is 0 Å². The first-order chi connectivity index (χ1) is 15.7. The molecule has 3 aromatic heterocycles. The molecule has 33 heavy (non-hydrogen) atoms. The van der Waals surface area contributed by atoms with Gasteiger partial charge in [-0.2, -0.15) is 0 Å². The zero-order chi connectivity index (χ0) is 23.2. The fourth-order valence-corrected chi connectivity index (χ4v) is 4.24. The van der Waals surface area contributed by atoms with E-state index in [1.807, 2.05) is 24.8 Å². The summed E-state index contributed by atoms with van der Waals surface area (Å²) in [7, 11) is 3.88. The van der Waals surface area contributed by atoms with Crippen LogP contribution in [0.5, 0.6) is 0 Å². The minimum atomic E-state index is -0.404. The van der Waals surface area contributed by atoms with Crippen molar-refractivity contribution in [3.05, 3.63) is 72.8 Å². The van der Waals surface area contributed by atoms with Crippen LogP contribution in [0.2, 0.25) is 0 Å². The van der Waals surface area contributed by atoms with Crippen LogP contribution in [0.25, 0.3) is 22.2 Å². The second-order valence-electron chi connectivity index (χ2n) is 9.78. The zero-order valence-electron chi connectivity index (χ0n) is 19.9. The Morgan fingerprint density at radius 2 is 1.64 bits per heavy atom. The summed E-state index contributed by atoms with van der Waals surface area (Å²) in [6.07, 6.45) is 8.30. The summed E-state index contributed by atoms with van der Waals surface area (Å²) in [6.45, 7) is 8.25. The Morgan fingerprint density at radius 1 is 0.909 bits per heavy atom. The molecule has 1 aliphatic rings. The first-order valence-corrected chi connectivity index (χ1v) is 11.4. The van der Waals surface area contributed by atoms with Gasteiger partial charge in [0.1, 0.15) is 0 Å². The van der Waals surface area contributed by atoms with Gasteiger partial charge in [0, 0.05) is 53.8 Å². The molecule has 165 valence electrons. The van der Waals surface area contributed by atoms with Gasteiger partial charge < -0.3 is 13.9 Å². The Bertz CT molecular complexity index is 1300. The Hall–Kier alpha value is -2.89. The maximum Gasteiger partial charge on any atom is 0.496 e. The highest BCUT2D eigenvalue weighted by molar-refractivity contribution is 6.62. The number of aromatic nitrogens is 3. The number of fused-ring (bicyclic) bond motifs is 1. The molecule has 0 unspecified atom stereocenters. The minimum absolute atomic E-state index is 0.367. The molecule has 0 N–H and O–H groups in total. The lowest BCUT2D eigenvalue weighted by Crippen LogP contribution is -2.41. The average molecular weight is 436 g/mol. The van der Waals surface area contributed by atoms with Crippen molar-refractivity contribution < 1.29 is 9.31 Å². The molecule has 0 spiro atoms. The van der Waals surface area contributed by atoms with Gasteiger partial charge in [0.2, 0.25) is 0 Å². The maximum absolute atomic E-state index is 6.18. The third-order valence-corrected chi connectivity index (χ3v) is 6.92. The molecule has 5 nitrogen and oxygen atoms in total. The molecule has 0 aliphatic carbocycles. The van der Waals surface area contributed by atoms with Crippen molar-refractivity contribution in [1.82, 2.24) is 14.5 Å². The number of nitrogens with zero attached hydrogens (tertiary/aromatic N) is 3. The summed E-state index contributed by atoms with van der Waals surface area (Å²) in [5.41, 5.74) is 5.88. The second-order valence-corrected chi connectivity index (χ2v) is 9.78. The van der Waals surface area contributed by atoms with Gasteiger partial charge in [0.05, 0.1) is 16.9 Å². The monoisotopic (exact) mass is 436 g/mol. The molecule has 1 radical (unpaired) electrons. The topological polar surface area (TPSA) is 49.2 Å². The molecular formula is C26H28B2N3O2. The molecule has 7 heteroatoms. The molecule has 1 fully saturated rings. The predicted molar refractivity (Wildman–Crippen MR) is 135 cm³/mol. The van der Waals surface area contributed by atoms with Crippen LogP contribution in [0.15, 0.2) is 67.3 Å². The summed E-state index contributed by atoms with van der Waals surface area (Å²) in [5.74, 6) is 0. The van der Waals surface area contributed by atoms with Crippen molar-refractivity contribution in [3.8, 4) is 11.3 Å². The molecule has 4 heterocycles. The van der Waals surface area contributed by atoms with Crippen LogP contribution >= 0.6 is 0 Å². The number of benzene rings is 1. The summed E-state index contributed by atoms with van der Waals surface area (Å²) in [5, 5.41) is 1.23. The lowest BCUT2D eigenvalue weighted by molar-refractivity contribution is 0.00578. The fourth-order valence-electron chi connectivity index (χ4n) is 4.24. The highest BCUT2D eigenvalue weighted by Gasteiger charge is 2.51. The Morgan fingerprint density at radius 3 is 2.39 bits per heavy atom. The number of rotatable bonds is 5. The minimum Gasteiger partial charge on any atom is -0.399 e. The fraction of sp³-hybridized carbons (Fsp3) is 0.308. The summed E-state index contributed by atoms with van der Waals surface area (Å²) < 4.78 is 14.6. The van der Waals surface area contributed by atoms with E-state index in [1.165, 1.54) is 10.9 Å². The summed E-state index contributed by atoms with van der Waals surface area (Å²) in [6, 6.07) is 14.9. The third-order valence-electron chi connectivity index (χ3n) is 6.92. The Balaban J connectivity index is 1.33. The first kappa shape index (κ1) is 21.9. The number of para-hydroxylation sites is 1. The lowest BCUT2D eigenvalue weighted by Gasteiger charge is -2.32. The summed E-state index contributed by atoms with van der Waals surface area (Å²) in [4.78, 5) is 8.94. The molecule has 0 amide bonds. The quantitative estimate of drug-likeness (QED) is 0.450. The van der Waals surface area contributed by atoms with Crippen molar-refractivity contribution in [3.63, 3.8) is 0 Å². The van der Waals surface area contributed by atoms with E-state index in [0.29, 0.717) is 0 Å². The molecule has 5 rings (SSSR count). The van der Waals surface area contributed by atoms with Crippen molar-refractivity contribution >= 4 is 36.2 Å². The smallest absolute Gasteiger partial charge is 0.399 e. The van der Waals surface area contributed by atoms with E-state index in [0.717, 1.165) is 34.1 Å². The van der Waals surface area contributed by atoms with Crippen LogP contribution in [0.1, 0.15) is 33.3 Å². The molecule has 0 bridgehead atoms. The summed E-state index contributed by atoms with van der Waals surface area (Å²) >= 11 is 0. The number of pyridine rings is 2. The van der Waals surface area contributed by atoms with E-state index >= 15 is 0 Å². The number of hydrogen-bond donors (Lipinski definition) is 0.